The van der Waals surface area contributed by atoms with Gasteiger partial charge in [-0.3, -0.25) is 0 Å². The van der Waals surface area contributed by atoms with Crippen molar-refractivity contribution < 1.29 is 9.47 Å². The highest BCUT2D eigenvalue weighted by Crippen LogP contribution is 2.29. The summed E-state index contributed by atoms with van der Waals surface area (Å²) in [5, 5.41) is 3.19. The van der Waals surface area contributed by atoms with Gasteiger partial charge in [-0.25, -0.2) is 0 Å². The summed E-state index contributed by atoms with van der Waals surface area (Å²) in [6, 6.07) is 16.2. The zero-order valence-electron chi connectivity index (χ0n) is 12.9. The predicted molar refractivity (Wildman–Crippen MR) is 86.1 cm³/mol. The van der Waals surface area contributed by atoms with Gasteiger partial charge in [0.05, 0.1) is 7.11 Å². The maximum atomic E-state index is 6.24. The van der Waals surface area contributed by atoms with Gasteiger partial charge in [-0.1, -0.05) is 30.3 Å². The Bertz CT molecular complexity index is 554. The van der Waals surface area contributed by atoms with E-state index in [9.17, 15) is 0 Å². The second-order valence-corrected chi connectivity index (χ2v) is 5.04. The smallest absolute Gasteiger partial charge is 0.125 e. The molecule has 1 N–H and O–H groups in total. The van der Waals surface area contributed by atoms with Crippen molar-refractivity contribution in [1.82, 2.24) is 5.32 Å². The van der Waals surface area contributed by atoms with Crippen LogP contribution in [-0.2, 0) is 0 Å². The van der Waals surface area contributed by atoms with Crippen LogP contribution in [0.1, 0.15) is 23.7 Å². The van der Waals surface area contributed by atoms with Gasteiger partial charge in [0, 0.05) is 6.42 Å². The molecular formula is C18H23NO2. The molecule has 0 amide bonds. The van der Waals surface area contributed by atoms with Crippen LogP contribution in [0.2, 0.25) is 0 Å². The molecule has 0 aliphatic heterocycles. The fourth-order valence-electron chi connectivity index (χ4n) is 2.27. The number of methoxy groups -OCH3 is 1. The zero-order chi connectivity index (χ0) is 15.1. The van der Waals surface area contributed by atoms with Gasteiger partial charge in [0.2, 0.25) is 0 Å². The summed E-state index contributed by atoms with van der Waals surface area (Å²) in [4.78, 5) is 0. The Labute approximate surface area is 126 Å². The molecule has 1 atom stereocenters. The Hall–Kier alpha value is -2.00. The van der Waals surface area contributed by atoms with Crippen LogP contribution in [-0.4, -0.2) is 20.7 Å². The first-order valence-electron chi connectivity index (χ1n) is 7.25. The first-order valence-corrected chi connectivity index (χ1v) is 7.25. The lowest BCUT2D eigenvalue weighted by Crippen LogP contribution is -2.16. The topological polar surface area (TPSA) is 30.5 Å². The maximum absolute atomic E-state index is 6.24. The van der Waals surface area contributed by atoms with Gasteiger partial charge in [-0.05, 0) is 49.8 Å². The highest BCUT2D eigenvalue weighted by molar-refractivity contribution is 5.39. The largest absolute Gasteiger partial charge is 0.497 e. The molecule has 112 valence electrons. The molecule has 0 unspecified atom stereocenters. The van der Waals surface area contributed by atoms with Crippen LogP contribution >= 0.6 is 0 Å². The van der Waals surface area contributed by atoms with Crippen LogP contribution in [0.5, 0.6) is 11.5 Å². The molecule has 2 aromatic rings. The predicted octanol–water partition coefficient (Wildman–Crippen LogP) is 3.73. The van der Waals surface area contributed by atoms with Crippen LogP contribution < -0.4 is 14.8 Å². The van der Waals surface area contributed by atoms with E-state index in [1.807, 2.05) is 50.4 Å². The van der Waals surface area contributed by atoms with E-state index in [1.54, 1.807) is 7.11 Å². The molecule has 0 radical (unpaired) electrons. The van der Waals surface area contributed by atoms with Crippen molar-refractivity contribution in [2.24, 2.45) is 0 Å². The quantitative estimate of drug-likeness (QED) is 0.840. The lowest BCUT2D eigenvalue weighted by atomic mass is 10.1. The molecular weight excluding hydrogens is 262 g/mol. The second-order valence-electron chi connectivity index (χ2n) is 5.04. The summed E-state index contributed by atoms with van der Waals surface area (Å²) in [6.07, 6.45) is 0.970. The Balaban J connectivity index is 2.18. The van der Waals surface area contributed by atoms with E-state index >= 15 is 0 Å². The van der Waals surface area contributed by atoms with Crippen molar-refractivity contribution in [2.75, 3.05) is 20.7 Å². The molecule has 0 bridgehead atoms. The Morgan fingerprint density at radius 1 is 1.10 bits per heavy atom. The highest BCUT2D eigenvalue weighted by Gasteiger charge is 2.14. The van der Waals surface area contributed by atoms with E-state index in [1.165, 1.54) is 5.56 Å². The van der Waals surface area contributed by atoms with Gasteiger partial charge < -0.3 is 14.8 Å². The molecule has 0 aliphatic carbocycles. The van der Waals surface area contributed by atoms with Crippen molar-refractivity contribution in [3.63, 3.8) is 0 Å². The second kappa shape index (κ2) is 7.70. The van der Waals surface area contributed by atoms with Gasteiger partial charge in [-0.15, -0.1) is 0 Å². The van der Waals surface area contributed by atoms with Crippen molar-refractivity contribution in [2.45, 2.75) is 19.4 Å². The molecule has 3 heteroatoms. The number of nitrogens with one attached hydrogen (secondary N) is 1. The normalized spacial score (nSPS) is 12.0. The van der Waals surface area contributed by atoms with Crippen molar-refractivity contribution in [1.29, 1.82) is 0 Å². The van der Waals surface area contributed by atoms with E-state index in [0.717, 1.165) is 30.0 Å². The van der Waals surface area contributed by atoms with Crippen LogP contribution in [0, 0.1) is 6.92 Å². The van der Waals surface area contributed by atoms with Crippen LogP contribution in [0.25, 0.3) is 0 Å². The Morgan fingerprint density at radius 3 is 2.48 bits per heavy atom. The van der Waals surface area contributed by atoms with Crippen LogP contribution in [0.15, 0.2) is 48.5 Å². The number of aryl methyl sites for hydroxylation is 1. The van der Waals surface area contributed by atoms with Gasteiger partial charge in [0.1, 0.15) is 17.6 Å². The van der Waals surface area contributed by atoms with Crippen LogP contribution in [0.3, 0.4) is 0 Å². The standard InChI is InChI=1S/C18H23NO2/c1-14-13-16(20-3)9-10-17(14)21-18(11-12-19-2)15-7-5-4-6-8-15/h4-10,13,18-19H,11-12H2,1-3H3/t18-/m1/s1. The molecule has 0 fully saturated rings. The average Bonchev–Trinajstić information content (AvgIpc) is 2.53. The summed E-state index contributed by atoms with van der Waals surface area (Å²) in [6.45, 7) is 2.95. The number of rotatable bonds is 7. The average molecular weight is 285 g/mol. The molecule has 0 heterocycles. The number of benzene rings is 2. The van der Waals surface area contributed by atoms with Gasteiger partial charge >= 0.3 is 0 Å². The molecule has 0 saturated heterocycles. The molecule has 0 aromatic heterocycles. The third-order valence-corrected chi connectivity index (χ3v) is 3.48. The van der Waals surface area contributed by atoms with Gasteiger partial charge in [-0.2, -0.15) is 0 Å². The monoisotopic (exact) mass is 285 g/mol. The van der Waals surface area contributed by atoms with E-state index in [-0.39, 0.29) is 6.10 Å². The fraction of sp³-hybridized carbons (Fsp3) is 0.333. The SMILES string of the molecule is CNCC[C@@H](Oc1ccc(OC)cc1C)c1ccccc1. The first-order chi connectivity index (χ1) is 10.2. The van der Waals surface area contributed by atoms with Crippen molar-refractivity contribution in [3.8, 4) is 11.5 Å². The highest BCUT2D eigenvalue weighted by atomic mass is 16.5. The maximum Gasteiger partial charge on any atom is 0.125 e. The summed E-state index contributed by atoms with van der Waals surface area (Å²) >= 11 is 0. The van der Waals surface area contributed by atoms with E-state index < -0.39 is 0 Å². The molecule has 3 nitrogen and oxygen atoms in total. The molecule has 2 rings (SSSR count). The van der Waals surface area contributed by atoms with Crippen molar-refractivity contribution in [3.05, 3.63) is 59.7 Å². The lowest BCUT2D eigenvalue weighted by molar-refractivity contribution is 0.193. The number of hydrogen-bond acceptors (Lipinski definition) is 3. The van der Waals surface area contributed by atoms with Crippen LogP contribution in [0.4, 0.5) is 0 Å². The third kappa shape index (κ3) is 4.23. The summed E-state index contributed by atoms with van der Waals surface area (Å²) in [5.74, 6) is 1.76. The zero-order valence-corrected chi connectivity index (χ0v) is 12.9. The molecule has 0 spiro atoms. The third-order valence-electron chi connectivity index (χ3n) is 3.48. The van der Waals surface area contributed by atoms with E-state index in [0.29, 0.717) is 0 Å². The Kier molecular flexibility index (Phi) is 5.64. The minimum atomic E-state index is 0.0470. The molecule has 0 saturated carbocycles. The van der Waals surface area contributed by atoms with E-state index in [4.69, 9.17) is 9.47 Å². The molecule has 2 aromatic carbocycles. The van der Waals surface area contributed by atoms with Gasteiger partial charge in [0.15, 0.2) is 0 Å². The number of ether oxygens (including phenoxy) is 2. The van der Waals surface area contributed by atoms with Gasteiger partial charge in [0.25, 0.3) is 0 Å². The fourth-order valence-corrected chi connectivity index (χ4v) is 2.27. The Morgan fingerprint density at radius 2 is 1.86 bits per heavy atom. The first kappa shape index (κ1) is 15.4. The van der Waals surface area contributed by atoms with Crippen molar-refractivity contribution >= 4 is 0 Å². The van der Waals surface area contributed by atoms with E-state index in [2.05, 4.69) is 17.4 Å². The minimum absolute atomic E-state index is 0.0470. The summed E-state index contributed by atoms with van der Waals surface area (Å²) in [7, 11) is 3.63. The summed E-state index contributed by atoms with van der Waals surface area (Å²) in [5.41, 5.74) is 2.28. The lowest BCUT2D eigenvalue weighted by Gasteiger charge is -2.21. The minimum Gasteiger partial charge on any atom is -0.497 e. The number of hydrogen-bond donors (Lipinski definition) is 1. The summed E-state index contributed by atoms with van der Waals surface area (Å²) < 4.78 is 11.5. The molecule has 21 heavy (non-hydrogen) atoms. The molecule has 0 aliphatic rings.